The molecule has 0 aromatic heterocycles. The first-order valence-electron chi connectivity index (χ1n) is 11.7. The standard InChI is InChI=1S/C24H28N4O10/c1-5-37-24(30)26-14(2)8-19(18-12-21(35-3)22(36-4)13-20(18)26)25-23(29)38-7-6-15-9-16(27(31)32)11-17(10-15)28(33)34/h9-14,19H,5-8H2,1-4H3,(H,25,29)/t14-,19+/m1/s1. The number of amides is 2. The Morgan fingerprint density at radius 1 is 1.00 bits per heavy atom. The summed E-state index contributed by atoms with van der Waals surface area (Å²) >= 11 is 0. The molecule has 0 spiro atoms. The second kappa shape index (κ2) is 12.1. The SMILES string of the molecule is CCOC(=O)N1c2cc(OC)c(OC)cc2[C@@H](NC(=O)OCCc2cc([N+](=O)[O-])cc([N+](=O)[O-])c2)C[C@H]1C. The van der Waals surface area contributed by atoms with Crippen molar-refractivity contribution < 1.29 is 38.4 Å². The minimum Gasteiger partial charge on any atom is -0.493 e. The monoisotopic (exact) mass is 532 g/mol. The molecule has 0 bridgehead atoms. The smallest absolute Gasteiger partial charge is 0.414 e. The number of alkyl carbamates (subject to hydrolysis) is 1. The number of rotatable bonds is 9. The van der Waals surface area contributed by atoms with E-state index in [1.165, 1.54) is 31.3 Å². The molecule has 1 N–H and O–H groups in total. The van der Waals surface area contributed by atoms with Gasteiger partial charge in [-0.3, -0.25) is 25.1 Å². The van der Waals surface area contributed by atoms with Crippen molar-refractivity contribution in [2.45, 2.75) is 38.8 Å². The van der Waals surface area contributed by atoms with Gasteiger partial charge in [0.1, 0.15) is 0 Å². The predicted octanol–water partition coefficient (Wildman–Crippen LogP) is 4.29. The topological polar surface area (TPSA) is 173 Å². The summed E-state index contributed by atoms with van der Waals surface area (Å²) < 4.78 is 21.3. The highest BCUT2D eigenvalue weighted by atomic mass is 16.6. The molecule has 2 aromatic rings. The third kappa shape index (κ3) is 6.19. The maximum atomic E-state index is 12.7. The molecule has 2 amide bonds. The van der Waals surface area contributed by atoms with Gasteiger partial charge in [0.05, 0.1) is 55.1 Å². The van der Waals surface area contributed by atoms with Gasteiger partial charge < -0.3 is 24.3 Å². The van der Waals surface area contributed by atoms with Gasteiger partial charge in [0.15, 0.2) is 11.5 Å². The molecule has 0 radical (unpaired) electrons. The van der Waals surface area contributed by atoms with Crippen LogP contribution in [0.1, 0.15) is 37.4 Å². The molecule has 1 heterocycles. The molecular formula is C24H28N4O10. The van der Waals surface area contributed by atoms with E-state index in [4.69, 9.17) is 18.9 Å². The van der Waals surface area contributed by atoms with Gasteiger partial charge in [-0.1, -0.05) is 0 Å². The lowest BCUT2D eigenvalue weighted by Crippen LogP contribution is -2.46. The number of non-ortho nitro benzene ring substituents is 2. The Morgan fingerprint density at radius 2 is 1.61 bits per heavy atom. The van der Waals surface area contributed by atoms with Gasteiger partial charge in [0.2, 0.25) is 0 Å². The summed E-state index contributed by atoms with van der Waals surface area (Å²) in [5.41, 5.74) is 0.482. The molecule has 204 valence electrons. The third-order valence-corrected chi connectivity index (χ3v) is 5.95. The normalized spacial score (nSPS) is 16.2. The molecule has 0 unspecified atom stereocenters. The zero-order chi connectivity index (χ0) is 28.0. The average molecular weight is 533 g/mol. The van der Waals surface area contributed by atoms with Gasteiger partial charge in [-0.25, -0.2) is 9.59 Å². The summed E-state index contributed by atoms with van der Waals surface area (Å²) in [5, 5.41) is 24.9. The number of nitrogens with zero attached hydrogens (tertiary/aromatic N) is 3. The molecule has 3 rings (SSSR count). The lowest BCUT2D eigenvalue weighted by Gasteiger charge is -2.39. The molecule has 2 atom stereocenters. The number of benzene rings is 2. The van der Waals surface area contributed by atoms with E-state index >= 15 is 0 Å². The number of anilines is 1. The van der Waals surface area contributed by atoms with Crippen molar-refractivity contribution in [3.8, 4) is 11.5 Å². The highest BCUT2D eigenvalue weighted by molar-refractivity contribution is 5.91. The summed E-state index contributed by atoms with van der Waals surface area (Å²) in [7, 11) is 2.93. The van der Waals surface area contributed by atoms with Gasteiger partial charge in [-0.15, -0.1) is 0 Å². The fourth-order valence-electron chi connectivity index (χ4n) is 4.25. The Hall–Kier alpha value is -4.62. The molecular weight excluding hydrogens is 504 g/mol. The molecule has 14 heteroatoms. The van der Waals surface area contributed by atoms with Crippen LogP contribution in [0.3, 0.4) is 0 Å². The van der Waals surface area contributed by atoms with Crippen LogP contribution in [0.5, 0.6) is 11.5 Å². The van der Waals surface area contributed by atoms with Crippen LogP contribution >= 0.6 is 0 Å². The van der Waals surface area contributed by atoms with E-state index in [-0.39, 0.29) is 31.2 Å². The summed E-state index contributed by atoms with van der Waals surface area (Å²) in [4.78, 5) is 47.6. The zero-order valence-electron chi connectivity index (χ0n) is 21.3. The lowest BCUT2D eigenvalue weighted by atomic mass is 9.91. The number of carbonyl (C=O) groups is 2. The summed E-state index contributed by atoms with van der Waals surface area (Å²) in [6.07, 6.45) is -0.948. The van der Waals surface area contributed by atoms with Gasteiger partial charge >= 0.3 is 12.2 Å². The van der Waals surface area contributed by atoms with Crippen LogP contribution in [0.15, 0.2) is 30.3 Å². The zero-order valence-corrected chi connectivity index (χ0v) is 21.3. The van der Waals surface area contributed by atoms with E-state index in [1.54, 1.807) is 19.1 Å². The molecule has 0 saturated carbocycles. The van der Waals surface area contributed by atoms with Crippen LogP contribution < -0.4 is 19.7 Å². The Morgan fingerprint density at radius 3 is 2.16 bits per heavy atom. The number of hydrogen-bond donors (Lipinski definition) is 1. The van der Waals surface area contributed by atoms with Crippen molar-refractivity contribution in [3.63, 3.8) is 0 Å². The van der Waals surface area contributed by atoms with E-state index in [0.29, 0.717) is 29.2 Å². The van der Waals surface area contributed by atoms with Crippen molar-refractivity contribution in [2.24, 2.45) is 0 Å². The van der Waals surface area contributed by atoms with Gasteiger partial charge in [0.25, 0.3) is 11.4 Å². The second-order valence-corrected chi connectivity index (χ2v) is 8.37. The maximum absolute atomic E-state index is 12.7. The highest BCUT2D eigenvalue weighted by Gasteiger charge is 2.37. The first-order valence-corrected chi connectivity index (χ1v) is 11.7. The molecule has 0 aliphatic carbocycles. The fourth-order valence-corrected chi connectivity index (χ4v) is 4.25. The van der Waals surface area contributed by atoms with Gasteiger partial charge in [0, 0.05) is 36.2 Å². The minimum absolute atomic E-state index is 0.0231. The molecule has 0 saturated heterocycles. The van der Waals surface area contributed by atoms with Crippen molar-refractivity contribution in [1.82, 2.24) is 5.32 Å². The molecule has 38 heavy (non-hydrogen) atoms. The number of hydrogen-bond acceptors (Lipinski definition) is 10. The third-order valence-electron chi connectivity index (χ3n) is 5.95. The number of fused-ring (bicyclic) bond motifs is 1. The predicted molar refractivity (Wildman–Crippen MR) is 134 cm³/mol. The number of methoxy groups -OCH3 is 2. The van der Waals surface area contributed by atoms with E-state index in [2.05, 4.69) is 5.32 Å². The number of nitrogens with one attached hydrogen (secondary N) is 1. The highest BCUT2D eigenvalue weighted by Crippen LogP contribution is 2.44. The van der Waals surface area contributed by atoms with Crippen LogP contribution in [0.25, 0.3) is 0 Å². The van der Waals surface area contributed by atoms with E-state index in [0.717, 1.165) is 6.07 Å². The fraction of sp³-hybridized carbons (Fsp3) is 0.417. The Balaban J connectivity index is 1.77. The van der Waals surface area contributed by atoms with Crippen molar-refractivity contribution in [3.05, 3.63) is 61.7 Å². The molecule has 0 fully saturated rings. The van der Waals surface area contributed by atoms with Gasteiger partial charge in [-0.2, -0.15) is 0 Å². The molecule has 2 aromatic carbocycles. The molecule has 14 nitrogen and oxygen atoms in total. The Kier molecular flexibility index (Phi) is 8.89. The largest absolute Gasteiger partial charge is 0.493 e. The van der Waals surface area contributed by atoms with Crippen LogP contribution in [0.2, 0.25) is 0 Å². The Labute approximate surface area is 217 Å². The number of nitro benzene ring substituents is 2. The first-order chi connectivity index (χ1) is 18.1. The Bertz CT molecular complexity index is 1200. The van der Waals surface area contributed by atoms with Crippen molar-refractivity contribution >= 4 is 29.2 Å². The molecule has 1 aliphatic rings. The summed E-state index contributed by atoms with van der Waals surface area (Å²) in [6, 6.07) is 5.64. The molecule has 1 aliphatic heterocycles. The summed E-state index contributed by atoms with van der Waals surface area (Å²) in [5.74, 6) is 0.791. The van der Waals surface area contributed by atoms with Crippen LogP contribution in [0, 0.1) is 20.2 Å². The number of carbonyl (C=O) groups excluding carboxylic acids is 2. The van der Waals surface area contributed by atoms with Crippen LogP contribution in [-0.2, 0) is 15.9 Å². The maximum Gasteiger partial charge on any atom is 0.414 e. The lowest BCUT2D eigenvalue weighted by molar-refractivity contribution is -0.394. The minimum atomic E-state index is -0.771. The quantitative estimate of drug-likeness (QED) is 0.363. The second-order valence-electron chi connectivity index (χ2n) is 8.37. The number of ether oxygens (including phenoxy) is 4. The van der Waals surface area contributed by atoms with E-state index in [9.17, 15) is 29.8 Å². The van der Waals surface area contributed by atoms with Crippen molar-refractivity contribution in [1.29, 1.82) is 0 Å². The van der Waals surface area contributed by atoms with Crippen molar-refractivity contribution in [2.75, 3.05) is 32.3 Å². The number of nitro groups is 2. The average Bonchev–Trinajstić information content (AvgIpc) is 2.87. The first kappa shape index (κ1) is 28.0. The van der Waals surface area contributed by atoms with E-state index in [1.807, 2.05) is 6.92 Å². The van der Waals surface area contributed by atoms with Crippen LogP contribution in [-0.4, -0.2) is 55.5 Å². The van der Waals surface area contributed by atoms with E-state index < -0.39 is 39.4 Å². The van der Waals surface area contributed by atoms with Gasteiger partial charge in [-0.05, 0) is 31.9 Å². The summed E-state index contributed by atoms with van der Waals surface area (Å²) in [6.45, 7) is 3.52. The van der Waals surface area contributed by atoms with Crippen LogP contribution in [0.4, 0.5) is 26.7 Å².